The van der Waals surface area contributed by atoms with Gasteiger partial charge in [0, 0.05) is 20.1 Å². The number of carbonyl (C=O) groups is 1. The van der Waals surface area contributed by atoms with Gasteiger partial charge in [-0.05, 0) is 20.3 Å². The van der Waals surface area contributed by atoms with Crippen LogP contribution in [0, 0.1) is 6.92 Å². The summed E-state index contributed by atoms with van der Waals surface area (Å²) in [7, 11) is 1.88. The molecule has 0 fully saturated rings. The van der Waals surface area contributed by atoms with Crippen molar-refractivity contribution in [3.8, 4) is 0 Å². The van der Waals surface area contributed by atoms with Gasteiger partial charge in [-0.2, -0.15) is 5.10 Å². The lowest BCUT2D eigenvalue weighted by molar-refractivity contribution is 0.112. The minimum Gasteiger partial charge on any atom is -0.357 e. The van der Waals surface area contributed by atoms with Crippen molar-refractivity contribution in [2.24, 2.45) is 7.05 Å². The van der Waals surface area contributed by atoms with E-state index >= 15 is 0 Å². The van der Waals surface area contributed by atoms with Crippen LogP contribution >= 0.6 is 0 Å². The molecule has 1 aromatic heterocycles. The van der Waals surface area contributed by atoms with Crippen LogP contribution in [0.5, 0.6) is 0 Å². The molecule has 0 N–H and O–H groups in total. The van der Waals surface area contributed by atoms with Crippen molar-refractivity contribution in [1.82, 2.24) is 9.78 Å². The topological polar surface area (TPSA) is 38.1 Å². The second kappa shape index (κ2) is 4.96. The van der Waals surface area contributed by atoms with E-state index in [9.17, 15) is 4.79 Å². The molecule has 0 atom stereocenters. The maximum absolute atomic E-state index is 11.0. The Kier molecular flexibility index (Phi) is 3.88. The van der Waals surface area contributed by atoms with Gasteiger partial charge < -0.3 is 4.90 Å². The minimum absolute atomic E-state index is 0.716. The molecule has 1 aromatic rings. The molecule has 84 valence electrons. The molecule has 0 bridgehead atoms. The first-order chi connectivity index (χ1) is 7.15. The van der Waals surface area contributed by atoms with Gasteiger partial charge in [0.15, 0.2) is 6.29 Å². The molecule has 1 heterocycles. The number of rotatable bonds is 5. The molecule has 1 rings (SSSR count). The molecule has 0 aliphatic heterocycles. The lowest BCUT2D eigenvalue weighted by Crippen LogP contribution is -2.26. The van der Waals surface area contributed by atoms with Crippen LogP contribution in [-0.2, 0) is 7.05 Å². The average Bonchev–Trinajstić information content (AvgIpc) is 2.49. The normalized spacial score (nSPS) is 10.4. The molecule has 15 heavy (non-hydrogen) atoms. The van der Waals surface area contributed by atoms with E-state index < -0.39 is 0 Å². The van der Waals surface area contributed by atoms with Gasteiger partial charge in [0.25, 0.3) is 0 Å². The Morgan fingerprint density at radius 1 is 1.47 bits per heavy atom. The molecule has 0 radical (unpaired) electrons. The van der Waals surface area contributed by atoms with Gasteiger partial charge in [0.2, 0.25) is 0 Å². The quantitative estimate of drug-likeness (QED) is 0.694. The summed E-state index contributed by atoms with van der Waals surface area (Å²) in [5, 5.41) is 4.28. The number of hydrogen-bond acceptors (Lipinski definition) is 3. The molecule has 0 aliphatic rings. The zero-order valence-electron chi connectivity index (χ0n) is 9.95. The zero-order valence-corrected chi connectivity index (χ0v) is 9.95. The highest BCUT2D eigenvalue weighted by molar-refractivity contribution is 5.84. The van der Waals surface area contributed by atoms with Gasteiger partial charge in [0.05, 0.1) is 11.3 Å². The molecular formula is C11H19N3O. The summed E-state index contributed by atoms with van der Waals surface area (Å²) < 4.78 is 1.79. The lowest BCUT2D eigenvalue weighted by Gasteiger charge is -2.22. The van der Waals surface area contributed by atoms with E-state index in [4.69, 9.17) is 0 Å². The van der Waals surface area contributed by atoms with Crippen LogP contribution in [-0.4, -0.2) is 29.2 Å². The molecule has 0 spiro atoms. The molecule has 0 saturated heterocycles. The van der Waals surface area contributed by atoms with Crippen molar-refractivity contribution in [2.75, 3.05) is 18.0 Å². The molecular weight excluding hydrogens is 190 g/mol. The van der Waals surface area contributed by atoms with Gasteiger partial charge in [0.1, 0.15) is 5.82 Å². The summed E-state index contributed by atoms with van der Waals surface area (Å²) in [6, 6.07) is 0. The maximum atomic E-state index is 11.0. The Hall–Kier alpha value is -1.32. The van der Waals surface area contributed by atoms with Crippen LogP contribution in [0.15, 0.2) is 0 Å². The van der Waals surface area contributed by atoms with Crippen molar-refractivity contribution in [3.05, 3.63) is 11.3 Å². The third kappa shape index (κ3) is 2.19. The van der Waals surface area contributed by atoms with Gasteiger partial charge >= 0.3 is 0 Å². The zero-order chi connectivity index (χ0) is 11.4. The Morgan fingerprint density at radius 2 is 2.13 bits per heavy atom. The summed E-state index contributed by atoms with van der Waals surface area (Å²) in [5.74, 6) is 0.937. The van der Waals surface area contributed by atoms with Gasteiger partial charge in [-0.15, -0.1) is 0 Å². The average molecular weight is 209 g/mol. The first-order valence-electron chi connectivity index (χ1n) is 5.39. The monoisotopic (exact) mass is 209 g/mol. The van der Waals surface area contributed by atoms with Gasteiger partial charge in [-0.1, -0.05) is 6.92 Å². The first-order valence-corrected chi connectivity index (χ1v) is 5.39. The third-order valence-corrected chi connectivity index (χ3v) is 2.53. The second-order valence-corrected chi connectivity index (χ2v) is 3.64. The van der Waals surface area contributed by atoms with E-state index in [1.807, 2.05) is 14.0 Å². The fourth-order valence-corrected chi connectivity index (χ4v) is 1.86. The van der Waals surface area contributed by atoms with Crippen molar-refractivity contribution in [3.63, 3.8) is 0 Å². The Morgan fingerprint density at radius 3 is 2.60 bits per heavy atom. The van der Waals surface area contributed by atoms with Crippen LogP contribution < -0.4 is 4.90 Å². The fraction of sp³-hybridized carbons (Fsp3) is 0.636. The summed E-state index contributed by atoms with van der Waals surface area (Å²) in [4.78, 5) is 13.2. The molecule has 0 amide bonds. The highest BCUT2D eigenvalue weighted by atomic mass is 16.1. The van der Waals surface area contributed by atoms with E-state index in [0.29, 0.717) is 5.56 Å². The summed E-state index contributed by atoms with van der Waals surface area (Å²) in [6.07, 6.45) is 1.96. The van der Waals surface area contributed by atoms with Crippen LogP contribution in [0.1, 0.15) is 36.3 Å². The van der Waals surface area contributed by atoms with E-state index in [-0.39, 0.29) is 0 Å². The van der Waals surface area contributed by atoms with Crippen LogP contribution in [0.3, 0.4) is 0 Å². The number of hydrogen-bond donors (Lipinski definition) is 0. The van der Waals surface area contributed by atoms with Crippen molar-refractivity contribution in [2.45, 2.75) is 27.2 Å². The Labute approximate surface area is 90.9 Å². The van der Waals surface area contributed by atoms with E-state index in [2.05, 4.69) is 23.8 Å². The van der Waals surface area contributed by atoms with Crippen LogP contribution in [0.2, 0.25) is 0 Å². The lowest BCUT2D eigenvalue weighted by atomic mass is 10.2. The molecule has 4 nitrogen and oxygen atoms in total. The predicted molar refractivity (Wildman–Crippen MR) is 61.5 cm³/mol. The molecule has 0 saturated carbocycles. The van der Waals surface area contributed by atoms with Gasteiger partial charge in [-0.3, -0.25) is 9.48 Å². The number of aldehydes is 1. The number of carbonyl (C=O) groups excluding carboxylic acids is 1. The summed E-state index contributed by atoms with van der Waals surface area (Å²) in [5.41, 5.74) is 1.52. The minimum atomic E-state index is 0.716. The number of aryl methyl sites for hydroxylation is 2. The van der Waals surface area contributed by atoms with Crippen LogP contribution in [0.4, 0.5) is 5.82 Å². The smallest absolute Gasteiger partial charge is 0.155 e. The predicted octanol–water partition coefficient (Wildman–Crippen LogP) is 1.78. The largest absolute Gasteiger partial charge is 0.357 e. The highest BCUT2D eigenvalue weighted by Gasteiger charge is 2.16. The SMILES string of the molecule is CCCN(CC)c1c(C=O)c(C)nn1C. The number of anilines is 1. The number of nitrogens with zero attached hydrogens (tertiary/aromatic N) is 3. The second-order valence-electron chi connectivity index (χ2n) is 3.64. The van der Waals surface area contributed by atoms with Crippen molar-refractivity contribution in [1.29, 1.82) is 0 Å². The van der Waals surface area contributed by atoms with Crippen molar-refractivity contribution < 1.29 is 4.79 Å². The van der Waals surface area contributed by atoms with Gasteiger partial charge in [-0.25, -0.2) is 0 Å². The molecule has 0 aliphatic carbocycles. The Bertz CT molecular complexity index is 344. The van der Waals surface area contributed by atoms with E-state index in [1.165, 1.54) is 0 Å². The molecule has 4 heteroatoms. The first kappa shape index (κ1) is 11.8. The van der Waals surface area contributed by atoms with E-state index in [0.717, 1.165) is 37.3 Å². The highest BCUT2D eigenvalue weighted by Crippen LogP contribution is 2.21. The van der Waals surface area contributed by atoms with E-state index in [1.54, 1.807) is 4.68 Å². The third-order valence-electron chi connectivity index (χ3n) is 2.53. The van der Waals surface area contributed by atoms with Crippen molar-refractivity contribution >= 4 is 12.1 Å². The maximum Gasteiger partial charge on any atom is 0.155 e. The summed E-state index contributed by atoms with van der Waals surface area (Å²) >= 11 is 0. The summed E-state index contributed by atoms with van der Waals surface area (Å²) in [6.45, 7) is 7.94. The number of aromatic nitrogens is 2. The van der Waals surface area contributed by atoms with Crippen LogP contribution in [0.25, 0.3) is 0 Å². The molecule has 0 aromatic carbocycles. The molecule has 0 unspecified atom stereocenters. The standard InChI is InChI=1S/C11H19N3O/c1-5-7-14(6-2)11-10(8-15)9(3)12-13(11)4/h8H,5-7H2,1-4H3. The fourth-order valence-electron chi connectivity index (χ4n) is 1.86. The Balaban J connectivity index is 3.14.